The summed E-state index contributed by atoms with van der Waals surface area (Å²) < 4.78 is 55.5. The molecule has 2 aromatic heterocycles. The van der Waals surface area contributed by atoms with E-state index in [4.69, 9.17) is 0 Å². The highest BCUT2D eigenvalue weighted by Crippen LogP contribution is 2.25. The number of sulfonamides is 1. The minimum atomic E-state index is -3.63. The molecule has 0 unspecified atom stereocenters. The zero-order valence-electron chi connectivity index (χ0n) is 14.8. The molecule has 2 heterocycles. The van der Waals surface area contributed by atoms with Gasteiger partial charge < -0.3 is 0 Å². The molecule has 3 rings (SSSR count). The Morgan fingerprint density at radius 3 is 2.56 bits per heavy atom. The molecule has 0 atom stereocenters. The van der Waals surface area contributed by atoms with E-state index in [1.807, 2.05) is 0 Å². The zero-order chi connectivity index (χ0) is 19.6. The van der Waals surface area contributed by atoms with Crippen molar-refractivity contribution in [1.29, 1.82) is 0 Å². The normalized spacial score (nSPS) is 12.2. The second kappa shape index (κ2) is 7.91. The van der Waals surface area contributed by atoms with Gasteiger partial charge in [0.1, 0.15) is 0 Å². The van der Waals surface area contributed by atoms with Crippen molar-refractivity contribution in [3.63, 3.8) is 0 Å². The van der Waals surface area contributed by atoms with E-state index in [9.17, 15) is 17.2 Å². The molecule has 0 aliphatic carbocycles. The number of aromatic nitrogens is 3. The molecule has 0 amide bonds. The van der Waals surface area contributed by atoms with Gasteiger partial charge in [-0.25, -0.2) is 17.2 Å². The van der Waals surface area contributed by atoms with E-state index in [2.05, 4.69) is 10.2 Å². The molecule has 1 aromatic carbocycles. The first-order valence-corrected chi connectivity index (χ1v) is 10.7. The van der Waals surface area contributed by atoms with Crippen molar-refractivity contribution in [2.24, 2.45) is 0 Å². The highest BCUT2D eigenvalue weighted by atomic mass is 32.2. The molecule has 0 aliphatic heterocycles. The molecule has 27 heavy (non-hydrogen) atoms. The summed E-state index contributed by atoms with van der Waals surface area (Å²) in [6, 6.07) is 7.03. The summed E-state index contributed by atoms with van der Waals surface area (Å²) in [5.74, 6) is -1.67. The third-order valence-corrected chi connectivity index (χ3v) is 7.10. The summed E-state index contributed by atoms with van der Waals surface area (Å²) in [6.45, 7) is 4.26. The molecule has 0 radical (unpaired) electrons. The summed E-state index contributed by atoms with van der Waals surface area (Å²) in [4.78, 5) is 0.122. The van der Waals surface area contributed by atoms with Crippen molar-refractivity contribution in [3.8, 4) is 0 Å². The Hall–Kier alpha value is -2.04. The van der Waals surface area contributed by atoms with Crippen LogP contribution in [0, 0.1) is 11.6 Å². The van der Waals surface area contributed by atoms with Crippen LogP contribution in [0.2, 0.25) is 0 Å². The van der Waals surface area contributed by atoms with E-state index in [1.54, 1.807) is 19.9 Å². The lowest BCUT2D eigenvalue weighted by molar-refractivity contribution is 0.445. The molecule has 0 aliphatic rings. The van der Waals surface area contributed by atoms with Gasteiger partial charge in [0.2, 0.25) is 10.0 Å². The van der Waals surface area contributed by atoms with Gasteiger partial charge in [-0.3, -0.25) is 4.40 Å². The number of halogens is 2. The van der Waals surface area contributed by atoms with Gasteiger partial charge in [0.15, 0.2) is 22.4 Å². The molecule has 0 fully saturated rings. The zero-order valence-corrected chi connectivity index (χ0v) is 16.4. The van der Waals surface area contributed by atoms with Gasteiger partial charge in [0.25, 0.3) is 0 Å². The standard InChI is InChI=1S/C17H18F2N4O2S2/c1-3-22(4-2)27(24,25)13-8-9-15-20-21-17(23(15)10-13)26-11-12-6-5-7-14(18)16(12)19/h5-10H,3-4,11H2,1-2H3. The summed E-state index contributed by atoms with van der Waals surface area (Å²) >= 11 is 1.15. The van der Waals surface area contributed by atoms with E-state index in [1.165, 1.54) is 33.1 Å². The van der Waals surface area contributed by atoms with Gasteiger partial charge in [0.05, 0.1) is 4.90 Å². The first kappa shape index (κ1) is 19.7. The number of hydrogen-bond donors (Lipinski definition) is 0. The van der Waals surface area contributed by atoms with Crippen molar-refractivity contribution in [2.45, 2.75) is 29.7 Å². The maximum absolute atomic E-state index is 13.8. The highest BCUT2D eigenvalue weighted by Gasteiger charge is 2.23. The topological polar surface area (TPSA) is 67.6 Å². The minimum Gasteiger partial charge on any atom is -0.276 e. The van der Waals surface area contributed by atoms with Crippen LogP contribution in [-0.2, 0) is 15.8 Å². The van der Waals surface area contributed by atoms with Crippen LogP contribution in [0.1, 0.15) is 19.4 Å². The fraction of sp³-hybridized carbons (Fsp3) is 0.294. The summed E-state index contributed by atoms with van der Waals surface area (Å²) in [5, 5.41) is 8.41. The predicted octanol–water partition coefficient (Wildman–Crippen LogP) is 3.33. The van der Waals surface area contributed by atoms with Crippen molar-refractivity contribution in [2.75, 3.05) is 13.1 Å². The average Bonchev–Trinajstić information content (AvgIpc) is 3.06. The average molecular weight is 412 g/mol. The minimum absolute atomic E-state index is 0.122. The van der Waals surface area contributed by atoms with Crippen LogP contribution in [0.3, 0.4) is 0 Å². The Labute approximate surface area is 160 Å². The Morgan fingerprint density at radius 1 is 1.11 bits per heavy atom. The van der Waals surface area contributed by atoms with E-state index >= 15 is 0 Å². The Balaban J connectivity index is 1.93. The summed E-state index contributed by atoms with van der Waals surface area (Å²) in [7, 11) is -3.63. The fourth-order valence-corrected chi connectivity index (χ4v) is 4.96. The Morgan fingerprint density at radius 2 is 1.85 bits per heavy atom. The van der Waals surface area contributed by atoms with Crippen LogP contribution in [-0.4, -0.2) is 40.4 Å². The van der Waals surface area contributed by atoms with Gasteiger partial charge in [-0.2, -0.15) is 4.31 Å². The predicted molar refractivity (Wildman–Crippen MR) is 99.0 cm³/mol. The number of rotatable bonds is 7. The smallest absolute Gasteiger partial charge is 0.244 e. The maximum atomic E-state index is 13.8. The van der Waals surface area contributed by atoms with Crippen LogP contribution in [0.5, 0.6) is 0 Å². The van der Waals surface area contributed by atoms with Crippen LogP contribution >= 0.6 is 11.8 Å². The fourth-order valence-electron chi connectivity index (χ4n) is 2.62. The largest absolute Gasteiger partial charge is 0.276 e. The van der Waals surface area contributed by atoms with E-state index < -0.39 is 21.7 Å². The first-order chi connectivity index (χ1) is 12.9. The summed E-state index contributed by atoms with van der Waals surface area (Å²) in [5.41, 5.74) is 0.666. The molecule has 3 aromatic rings. The third kappa shape index (κ3) is 3.83. The van der Waals surface area contributed by atoms with Crippen LogP contribution < -0.4 is 0 Å². The number of benzene rings is 1. The molecule has 144 valence electrons. The highest BCUT2D eigenvalue weighted by molar-refractivity contribution is 7.98. The van der Waals surface area contributed by atoms with Crippen LogP contribution in [0.4, 0.5) is 8.78 Å². The number of pyridine rings is 1. The molecule has 6 nitrogen and oxygen atoms in total. The third-order valence-electron chi connectivity index (χ3n) is 4.08. The maximum Gasteiger partial charge on any atom is 0.244 e. The van der Waals surface area contributed by atoms with Gasteiger partial charge in [0, 0.05) is 30.6 Å². The molecule has 0 saturated carbocycles. The van der Waals surface area contributed by atoms with E-state index in [0.29, 0.717) is 23.9 Å². The lowest BCUT2D eigenvalue weighted by Crippen LogP contribution is -2.30. The number of hydrogen-bond acceptors (Lipinski definition) is 5. The summed E-state index contributed by atoms with van der Waals surface area (Å²) in [6.07, 6.45) is 1.45. The van der Waals surface area contributed by atoms with Crippen molar-refractivity contribution < 1.29 is 17.2 Å². The number of thioether (sulfide) groups is 1. The molecule has 0 saturated heterocycles. The Kier molecular flexibility index (Phi) is 5.78. The molecule has 0 N–H and O–H groups in total. The second-order valence-corrected chi connectivity index (χ2v) is 8.55. The van der Waals surface area contributed by atoms with Crippen LogP contribution in [0.25, 0.3) is 5.65 Å². The lowest BCUT2D eigenvalue weighted by Gasteiger charge is -2.18. The molecule has 10 heteroatoms. The Bertz CT molecular complexity index is 1070. The SMILES string of the molecule is CCN(CC)S(=O)(=O)c1ccc2nnc(SCc3cccc(F)c3F)n2c1. The van der Waals surface area contributed by atoms with E-state index in [0.717, 1.165) is 17.8 Å². The van der Waals surface area contributed by atoms with E-state index in [-0.39, 0.29) is 16.2 Å². The molecule has 0 bridgehead atoms. The lowest BCUT2D eigenvalue weighted by atomic mass is 10.2. The second-order valence-electron chi connectivity index (χ2n) is 5.67. The number of fused-ring (bicyclic) bond motifs is 1. The van der Waals surface area contributed by atoms with Crippen molar-refractivity contribution >= 4 is 27.4 Å². The van der Waals surface area contributed by atoms with Crippen molar-refractivity contribution in [1.82, 2.24) is 18.9 Å². The molecular weight excluding hydrogens is 394 g/mol. The van der Waals surface area contributed by atoms with Gasteiger partial charge in [-0.15, -0.1) is 10.2 Å². The quantitative estimate of drug-likeness (QED) is 0.557. The first-order valence-electron chi connectivity index (χ1n) is 8.29. The van der Waals surface area contributed by atoms with Gasteiger partial charge >= 0.3 is 0 Å². The van der Waals surface area contributed by atoms with Gasteiger partial charge in [-0.1, -0.05) is 37.7 Å². The van der Waals surface area contributed by atoms with Gasteiger partial charge in [-0.05, 0) is 18.2 Å². The molecular formula is C17H18F2N4O2S2. The van der Waals surface area contributed by atoms with Crippen molar-refractivity contribution in [3.05, 3.63) is 53.7 Å². The number of nitrogens with zero attached hydrogens (tertiary/aromatic N) is 4. The molecule has 0 spiro atoms. The van der Waals surface area contributed by atoms with Crippen LogP contribution in [0.15, 0.2) is 46.6 Å². The monoisotopic (exact) mass is 412 g/mol.